The molecule has 2 heterocycles. The Morgan fingerprint density at radius 2 is 2.10 bits per heavy atom. The molecule has 0 unspecified atom stereocenters. The number of nitrogens with zero attached hydrogens (tertiary/aromatic N) is 2. The van der Waals surface area contributed by atoms with Gasteiger partial charge < -0.3 is 11.1 Å². The number of aryl methyl sites for hydroxylation is 2. The lowest BCUT2D eigenvalue weighted by Crippen LogP contribution is -2.18. The van der Waals surface area contributed by atoms with Gasteiger partial charge in [0.1, 0.15) is 5.15 Å². The molecule has 3 N–H and O–H groups in total. The first-order valence-corrected chi connectivity index (χ1v) is 7.31. The van der Waals surface area contributed by atoms with E-state index in [0.717, 1.165) is 24.2 Å². The van der Waals surface area contributed by atoms with Gasteiger partial charge in [-0.05, 0) is 49.1 Å². The Balaban J connectivity index is 1.76. The highest BCUT2D eigenvalue weighted by molar-refractivity contribution is 6.29. The smallest absolute Gasteiger partial charge is 0.151 e. The minimum Gasteiger partial charge on any atom is -0.396 e. The lowest BCUT2D eigenvalue weighted by atomic mass is 10.00. The molecule has 2 aromatic rings. The fourth-order valence-electron chi connectivity index (χ4n) is 2.40. The van der Waals surface area contributed by atoms with Gasteiger partial charge in [-0.3, -0.25) is 4.99 Å². The first-order chi connectivity index (χ1) is 10.1. The SMILES string of the molecule is Cc1ccc2c(c1)N=C(CNc1nc(Cl)ccc1N)CC2. The molecule has 108 valence electrons. The van der Waals surface area contributed by atoms with Crippen molar-refractivity contribution in [1.29, 1.82) is 0 Å². The number of nitrogens with two attached hydrogens (primary N) is 1. The second kappa shape index (κ2) is 5.74. The van der Waals surface area contributed by atoms with Crippen molar-refractivity contribution >= 4 is 34.5 Å². The van der Waals surface area contributed by atoms with Crippen molar-refractivity contribution in [2.24, 2.45) is 4.99 Å². The average Bonchev–Trinajstić information content (AvgIpc) is 2.47. The fraction of sp³-hybridized carbons (Fsp3) is 0.250. The van der Waals surface area contributed by atoms with Gasteiger partial charge in [0.2, 0.25) is 0 Å². The van der Waals surface area contributed by atoms with Crippen LogP contribution in [0.4, 0.5) is 17.2 Å². The predicted molar refractivity (Wildman–Crippen MR) is 88.7 cm³/mol. The number of aromatic nitrogens is 1. The molecule has 0 fully saturated rings. The number of rotatable bonds is 3. The summed E-state index contributed by atoms with van der Waals surface area (Å²) >= 11 is 5.89. The molecular weight excluding hydrogens is 284 g/mol. The highest BCUT2D eigenvalue weighted by atomic mass is 35.5. The van der Waals surface area contributed by atoms with Crippen LogP contribution in [-0.4, -0.2) is 17.2 Å². The molecule has 0 saturated carbocycles. The summed E-state index contributed by atoms with van der Waals surface area (Å²) in [6.45, 7) is 2.71. The summed E-state index contributed by atoms with van der Waals surface area (Å²) in [5.41, 5.74) is 11.2. The zero-order valence-corrected chi connectivity index (χ0v) is 12.6. The van der Waals surface area contributed by atoms with E-state index >= 15 is 0 Å². The van der Waals surface area contributed by atoms with E-state index in [0.29, 0.717) is 23.2 Å². The Bertz CT molecular complexity index is 709. The van der Waals surface area contributed by atoms with Gasteiger partial charge >= 0.3 is 0 Å². The molecule has 1 aromatic heterocycles. The Morgan fingerprint density at radius 3 is 2.95 bits per heavy atom. The van der Waals surface area contributed by atoms with Crippen LogP contribution in [0.25, 0.3) is 0 Å². The van der Waals surface area contributed by atoms with Crippen molar-refractivity contribution in [1.82, 2.24) is 4.98 Å². The molecule has 0 saturated heterocycles. The number of anilines is 2. The van der Waals surface area contributed by atoms with Gasteiger partial charge in [-0.15, -0.1) is 0 Å². The van der Waals surface area contributed by atoms with Crippen molar-refractivity contribution < 1.29 is 0 Å². The first-order valence-electron chi connectivity index (χ1n) is 6.94. The van der Waals surface area contributed by atoms with Gasteiger partial charge in [-0.1, -0.05) is 23.7 Å². The summed E-state index contributed by atoms with van der Waals surface area (Å²) < 4.78 is 0. The predicted octanol–water partition coefficient (Wildman–Crippen LogP) is 3.76. The summed E-state index contributed by atoms with van der Waals surface area (Å²) in [7, 11) is 0. The van der Waals surface area contributed by atoms with E-state index < -0.39 is 0 Å². The average molecular weight is 301 g/mol. The quantitative estimate of drug-likeness (QED) is 0.848. The molecule has 21 heavy (non-hydrogen) atoms. The Kier molecular flexibility index (Phi) is 3.80. The van der Waals surface area contributed by atoms with Gasteiger partial charge in [0.05, 0.1) is 17.9 Å². The summed E-state index contributed by atoms with van der Waals surface area (Å²) in [6.07, 6.45) is 1.97. The standard InChI is InChI=1S/C16H17ClN4/c1-10-2-3-11-4-5-12(20-14(11)8-10)9-19-16-13(18)6-7-15(17)21-16/h2-3,6-8H,4-5,9,18H2,1H3,(H,19,21). The minimum absolute atomic E-state index is 0.429. The Hall–Kier alpha value is -2.07. The van der Waals surface area contributed by atoms with Crippen LogP contribution in [0.15, 0.2) is 35.3 Å². The molecule has 1 aliphatic heterocycles. The van der Waals surface area contributed by atoms with E-state index in [4.69, 9.17) is 22.3 Å². The third kappa shape index (κ3) is 3.16. The molecule has 0 aliphatic carbocycles. The highest BCUT2D eigenvalue weighted by Gasteiger charge is 2.12. The monoisotopic (exact) mass is 300 g/mol. The topological polar surface area (TPSA) is 63.3 Å². The zero-order chi connectivity index (χ0) is 14.8. The number of fused-ring (bicyclic) bond motifs is 1. The molecule has 0 radical (unpaired) electrons. The maximum Gasteiger partial charge on any atom is 0.151 e. The third-order valence-corrected chi connectivity index (χ3v) is 3.77. The Morgan fingerprint density at radius 1 is 1.24 bits per heavy atom. The maximum atomic E-state index is 5.89. The Labute approximate surface area is 129 Å². The fourth-order valence-corrected chi connectivity index (χ4v) is 2.54. The molecule has 0 amide bonds. The van der Waals surface area contributed by atoms with Crippen LogP contribution in [0.3, 0.4) is 0 Å². The first kappa shape index (κ1) is 13.9. The van der Waals surface area contributed by atoms with Crippen LogP contribution in [0, 0.1) is 6.92 Å². The third-order valence-electron chi connectivity index (χ3n) is 3.55. The second-order valence-corrected chi connectivity index (χ2v) is 5.62. The largest absolute Gasteiger partial charge is 0.396 e. The van der Waals surface area contributed by atoms with E-state index in [9.17, 15) is 0 Å². The molecule has 3 rings (SSSR count). The molecule has 0 bridgehead atoms. The van der Waals surface area contributed by atoms with Gasteiger partial charge in [0.15, 0.2) is 5.82 Å². The summed E-state index contributed by atoms with van der Waals surface area (Å²) in [4.78, 5) is 8.92. The molecule has 0 spiro atoms. The van der Waals surface area contributed by atoms with E-state index in [2.05, 4.69) is 35.4 Å². The molecule has 4 nitrogen and oxygen atoms in total. The van der Waals surface area contributed by atoms with Crippen LogP contribution in [-0.2, 0) is 6.42 Å². The molecule has 5 heteroatoms. The van der Waals surface area contributed by atoms with Crippen LogP contribution >= 0.6 is 11.6 Å². The van der Waals surface area contributed by atoms with Crippen LogP contribution < -0.4 is 11.1 Å². The van der Waals surface area contributed by atoms with Crippen LogP contribution in [0.2, 0.25) is 5.15 Å². The van der Waals surface area contributed by atoms with Crippen molar-refractivity contribution in [2.45, 2.75) is 19.8 Å². The number of nitrogens with one attached hydrogen (secondary N) is 1. The van der Waals surface area contributed by atoms with Crippen molar-refractivity contribution in [3.63, 3.8) is 0 Å². The number of hydrogen-bond acceptors (Lipinski definition) is 4. The summed E-state index contributed by atoms with van der Waals surface area (Å²) in [6, 6.07) is 9.85. The number of hydrogen-bond donors (Lipinski definition) is 2. The van der Waals surface area contributed by atoms with Crippen LogP contribution in [0.5, 0.6) is 0 Å². The maximum absolute atomic E-state index is 5.89. The summed E-state index contributed by atoms with van der Waals surface area (Å²) in [5.74, 6) is 0.611. The molecule has 1 aliphatic rings. The van der Waals surface area contributed by atoms with Gasteiger partial charge in [-0.2, -0.15) is 0 Å². The number of aliphatic imine (C=N–C) groups is 1. The number of halogens is 1. The van der Waals surface area contributed by atoms with Crippen molar-refractivity contribution in [3.8, 4) is 0 Å². The lowest BCUT2D eigenvalue weighted by molar-refractivity contribution is 0.987. The number of benzene rings is 1. The summed E-state index contributed by atoms with van der Waals surface area (Å²) in [5, 5.41) is 3.65. The molecule has 0 atom stereocenters. The van der Waals surface area contributed by atoms with E-state index in [1.54, 1.807) is 12.1 Å². The van der Waals surface area contributed by atoms with Crippen molar-refractivity contribution in [3.05, 3.63) is 46.6 Å². The number of pyridine rings is 1. The lowest BCUT2D eigenvalue weighted by Gasteiger charge is -2.17. The van der Waals surface area contributed by atoms with Gasteiger partial charge in [0.25, 0.3) is 0 Å². The van der Waals surface area contributed by atoms with E-state index in [1.165, 1.54) is 11.1 Å². The minimum atomic E-state index is 0.429. The van der Waals surface area contributed by atoms with Gasteiger partial charge in [0, 0.05) is 5.71 Å². The second-order valence-electron chi connectivity index (χ2n) is 5.24. The number of nitrogen functional groups attached to an aromatic ring is 1. The molecular formula is C16H17ClN4. The normalized spacial score (nSPS) is 13.5. The van der Waals surface area contributed by atoms with Gasteiger partial charge in [-0.25, -0.2) is 4.98 Å². The van der Waals surface area contributed by atoms with E-state index in [1.807, 2.05) is 0 Å². The highest BCUT2D eigenvalue weighted by Crippen LogP contribution is 2.27. The molecule has 1 aromatic carbocycles. The van der Waals surface area contributed by atoms with Crippen LogP contribution in [0.1, 0.15) is 17.5 Å². The van der Waals surface area contributed by atoms with E-state index in [-0.39, 0.29) is 0 Å². The zero-order valence-electron chi connectivity index (χ0n) is 11.9. The van der Waals surface area contributed by atoms with Crippen molar-refractivity contribution in [2.75, 3.05) is 17.6 Å².